The lowest BCUT2D eigenvalue weighted by molar-refractivity contribution is -0.313. The maximum atomic E-state index is 12.4. The molecule has 4 saturated carbocycles. The van der Waals surface area contributed by atoms with Crippen LogP contribution in [0.25, 0.3) is 0 Å². The number of esters is 1. The summed E-state index contributed by atoms with van der Waals surface area (Å²) in [6.07, 6.45) is 3.40. The molecule has 2 heterocycles. The Morgan fingerprint density at radius 2 is 1.79 bits per heavy atom. The van der Waals surface area contributed by atoms with E-state index >= 15 is 0 Å². The third-order valence-electron chi connectivity index (χ3n) is 12.3. The molecule has 0 radical (unpaired) electrons. The molecule has 5 fully saturated rings. The Morgan fingerprint density at radius 3 is 2.49 bits per heavy atom. The van der Waals surface area contributed by atoms with Crippen LogP contribution in [-0.4, -0.2) is 88.6 Å². The van der Waals surface area contributed by atoms with E-state index in [0.29, 0.717) is 18.3 Å². The fourth-order valence-corrected chi connectivity index (χ4v) is 10.2. The van der Waals surface area contributed by atoms with Gasteiger partial charge in [-0.3, -0.25) is 0 Å². The quantitative estimate of drug-likeness (QED) is 0.307. The highest BCUT2D eigenvalue weighted by atomic mass is 16.7. The second kappa shape index (κ2) is 9.75. The molecule has 9 nitrogen and oxygen atoms in total. The monoisotopic (exact) mass is 550 g/mol. The minimum Gasteiger partial charge on any atom is -0.458 e. The average Bonchev–Trinajstić information content (AvgIpc) is 3.39. The number of hydrogen-bond donors (Lipinski definition) is 4. The topological polar surface area (TPSA) is 135 Å². The number of hydrogen-bond acceptors (Lipinski definition) is 9. The first kappa shape index (κ1) is 28.1. The minimum absolute atomic E-state index is 0.0547. The molecule has 0 aromatic rings. The van der Waals surface area contributed by atoms with Gasteiger partial charge >= 0.3 is 5.97 Å². The molecule has 9 heteroatoms. The maximum Gasteiger partial charge on any atom is 0.331 e. The van der Waals surface area contributed by atoms with Gasteiger partial charge in [-0.15, -0.1) is 0 Å². The van der Waals surface area contributed by atoms with E-state index in [2.05, 4.69) is 13.8 Å². The lowest BCUT2D eigenvalue weighted by atomic mass is 9.43. The van der Waals surface area contributed by atoms with Crippen LogP contribution in [-0.2, 0) is 23.7 Å². The second-order valence-corrected chi connectivity index (χ2v) is 13.9. The summed E-state index contributed by atoms with van der Waals surface area (Å²) in [6, 6.07) is 0. The molecular formula is C30H46O9. The predicted molar refractivity (Wildman–Crippen MR) is 139 cm³/mol. The molecule has 4 N–H and O–H groups in total. The predicted octanol–water partition coefficient (Wildman–Crippen LogP) is 2.08. The summed E-state index contributed by atoms with van der Waals surface area (Å²) < 4.78 is 22.7. The number of aliphatic hydroxyl groups excluding tert-OH is 3. The standard InChI is InChI=1S/C30H46O9/c1-15-24(33)26(36-4)25(34)27(38-15)39-18-7-9-28(2)17(12-18)5-6-20-19(28)8-10-29(3)23(16-11-22(32)37-14-16)21(31)13-30(20,29)35/h11,15,17-21,23-27,31,33-35H,5-10,12-14H2,1-4H3/t15-,17-,18-,19+,20-,21+,23-,24+,25-,26+,27+,28+,29-,30-/m1/s1. The van der Waals surface area contributed by atoms with Crippen molar-refractivity contribution in [3.63, 3.8) is 0 Å². The minimum atomic E-state index is -1.06. The molecule has 4 aliphatic carbocycles. The van der Waals surface area contributed by atoms with Gasteiger partial charge in [-0.1, -0.05) is 13.8 Å². The van der Waals surface area contributed by atoms with E-state index in [9.17, 15) is 25.2 Å². The summed E-state index contributed by atoms with van der Waals surface area (Å²) in [4.78, 5) is 11.8. The highest BCUT2D eigenvalue weighted by molar-refractivity contribution is 5.85. The smallest absolute Gasteiger partial charge is 0.331 e. The van der Waals surface area contributed by atoms with Crippen LogP contribution in [0, 0.1) is 34.5 Å². The Morgan fingerprint density at radius 1 is 1.03 bits per heavy atom. The number of rotatable bonds is 4. The highest BCUT2D eigenvalue weighted by Crippen LogP contribution is 2.70. The fraction of sp³-hybridized carbons (Fsp3) is 0.900. The van der Waals surface area contributed by atoms with Gasteiger partial charge in [-0.25, -0.2) is 4.79 Å². The molecule has 220 valence electrons. The van der Waals surface area contributed by atoms with Crippen molar-refractivity contribution < 1.29 is 44.2 Å². The van der Waals surface area contributed by atoms with Crippen LogP contribution in [0.5, 0.6) is 0 Å². The van der Waals surface area contributed by atoms with E-state index in [1.807, 2.05) is 0 Å². The van der Waals surface area contributed by atoms with Crippen LogP contribution < -0.4 is 0 Å². The third kappa shape index (κ3) is 4.09. The van der Waals surface area contributed by atoms with Crippen LogP contribution in [0.3, 0.4) is 0 Å². The van der Waals surface area contributed by atoms with Crippen molar-refractivity contribution >= 4 is 5.97 Å². The van der Waals surface area contributed by atoms with Gasteiger partial charge in [0, 0.05) is 30.9 Å². The van der Waals surface area contributed by atoms with Gasteiger partial charge < -0.3 is 39.4 Å². The summed E-state index contributed by atoms with van der Waals surface area (Å²) in [7, 11) is 1.48. The van der Waals surface area contributed by atoms with E-state index in [-0.39, 0.29) is 35.9 Å². The molecule has 1 saturated heterocycles. The zero-order valence-electron chi connectivity index (χ0n) is 23.6. The molecular weight excluding hydrogens is 504 g/mol. The van der Waals surface area contributed by atoms with Crippen LogP contribution in [0.1, 0.15) is 72.1 Å². The third-order valence-corrected chi connectivity index (χ3v) is 12.3. The number of aliphatic hydroxyl groups is 4. The highest BCUT2D eigenvalue weighted by Gasteiger charge is 2.70. The maximum absolute atomic E-state index is 12.4. The Kier molecular flexibility index (Phi) is 7.02. The summed E-state index contributed by atoms with van der Waals surface area (Å²) in [6.45, 7) is 6.48. The van der Waals surface area contributed by atoms with Crippen molar-refractivity contribution in [2.24, 2.45) is 34.5 Å². The van der Waals surface area contributed by atoms with E-state index < -0.39 is 47.8 Å². The van der Waals surface area contributed by atoms with Gasteiger partial charge in [0.15, 0.2) is 6.29 Å². The zero-order chi connectivity index (χ0) is 27.9. The molecule has 6 aliphatic rings. The van der Waals surface area contributed by atoms with Gasteiger partial charge in [-0.2, -0.15) is 0 Å². The van der Waals surface area contributed by atoms with Crippen molar-refractivity contribution in [3.8, 4) is 0 Å². The van der Waals surface area contributed by atoms with E-state index in [0.717, 1.165) is 50.5 Å². The molecule has 39 heavy (non-hydrogen) atoms. The summed E-state index contributed by atoms with van der Waals surface area (Å²) >= 11 is 0. The molecule has 14 atom stereocenters. The number of methoxy groups -OCH3 is 1. The zero-order valence-corrected chi connectivity index (χ0v) is 23.6. The molecule has 0 spiro atoms. The van der Waals surface area contributed by atoms with Crippen molar-refractivity contribution in [1.29, 1.82) is 0 Å². The summed E-state index contributed by atoms with van der Waals surface area (Å²) in [5, 5.41) is 44.7. The van der Waals surface area contributed by atoms with Crippen molar-refractivity contribution in [2.75, 3.05) is 13.7 Å². The lowest BCUT2D eigenvalue weighted by Gasteiger charge is -2.63. The van der Waals surface area contributed by atoms with Crippen molar-refractivity contribution in [2.45, 2.75) is 121 Å². The largest absolute Gasteiger partial charge is 0.458 e. The van der Waals surface area contributed by atoms with Crippen LogP contribution in [0.2, 0.25) is 0 Å². The molecule has 0 aromatic carbocycles. The Labute approximate surface area is 230 Å². The first-order valence-electron chi connectivity index (χ1n) is 14.9. The number of ether oxygens (including phenoxy) is 4. The lowest BCUT2D eigenvalue weighted by Crippen LogP contribution is -2.62. The van der Waals surface area contributed by atoms with E-state index in [1.54, 1.807) is 6.92 Å². The van der Waals surface area contributed by atoms with Crippen LogP contribution >= 0.6 is 0 Å². The number of fused-ring (bicyclic) bond motifs is 5. The van der Waals surface area contributed by atoms with Crippen LogP contribution in [0.4, 0.5) is 0 Å². The van der Waals surface area contributed by atoms with Gasteiger partial charge in [-0.05, 0) is 80.6 Å². The molecule has 2 aliphatic heterocycles. The average molecular weight is 551 g/mol. The molecule has 0 unspecified atom stereocenters. The summed E-state index contributed by atoms with van der Waals surface area (Å²) in [5.41, 5.74) is -0.601. The molecule has 0 aromatic heterocycles. The van der Waals surface area contributed by atoms with Crippen molar-refractivity contribution in [1.82, 2.24) is 0 Å². The van der Waals surface area contributed by atoms with Gasteiger partial charge in [0.05, 0.1) is 23.9 Å². The normalized spacial score (nSPS) is 55.3. The van der Waals surface area contributed by atoms with Crippen LogP contribution in [0.15, 0.2) is 11.6 Å². The first-order valence-corrected chi connectivity index (χ1v) is 14.9. The Hall–Kier alpha value is -1.07. The number of cyclic esters (lactones) is 1. The SMILES string of the molecule is CO[C@H]1[C@@H](O)[C@@H](C)O[C@@H](O[C@@H]2CC[C@@]3(C)[C@H](CC[C@@H]4[C@@H]3CC[C@]3(C)[C@H](C5=CC(=O)OC5)[C@@H](O)C[C@@]43O)C2)[C@@H]1O. The first-order chi connectivity index (χ1) is 18.4. The second-order valence-electron chi connectivity index (χ2n) is 13.9. The fourth-order valence-electron chi connectivity index (χ4n) is 10.2. The number of carbonyl (C=O) groups excluding carboxylic acids is 1. The van der Waals surface area contributed by atoms with Gasteiger partial charge in [0.1, 0.15) is 24.9 Å². The van der Waals surface area contributed by atoms with E-state index in [4.69, 9.17) is 18.9 Å². The van der Waals surface area contributed by atoms with E-state index in [1.165, 1.54) is 13.2 Å². The van der Waals surface area contributed by atoms with Gasteiger partial charge in [0.25, 0.3) is 0 Å². The molecule has 0 bridgehead atoms. The van der Waals surface area contributed by atoms with Crippen molar-refractivity contribution in [3.05, 3.63) is 11.6 Å². The Balaban J connectivity index is 1.17. The van der Waals surface area contributed by atoms with Gasteiger partial charge in [0.2, 0.25) is 0 Å². The molecule has 0 amide bonds. The summed E-state index contributed by atoms with van der Waals surface area (Å²) in [5.74, 6) is 0.260. The Bertz CT molecular complexity index is 1000. The number of carbonyl (C=O) groups is 1. The molecule has 6 rings (SSSR count).